The highest BCUT2D eigenvalue weighted by atomic mass is 35.5. The number of hydrogen-bond donors (Lipinski definition) is 2. The molecule has 1 aromatic rings. The number of para-hydroxylation sites is 1. The molecule has 0 atom stereocenters. The van der Waals surface area contributed by atoms with Crippen LogP contribution in [0.2, 0.25) is 0 Å². The normalized spacial score (nSPS) is 10.7. The average molecular weight is 315 g/mol. The molecule has 0 fully saturated rings. The van der Waals surface area contributed by atoms with Gasteiger partial charge in [-0.25, -0.2) is 0 Å². The standard InChI is InChI=1S/C16H26N2O2.ClH/c1-5-10-17-11-12-18-15(19)16(2,3)13-8-6-7-9-14(13)20-4;/h6-9,17H,5,10-12H2,1-4H3,(H,18,19);1H. The van der Waals surface area contributed by atoms with Gasteiger partial charge in [-0.1, -0.05) is 25.1 Å². The van der Waals surface area contributed by atoms with Crippen LogP contribution in [-0.4, -0.2) is 32.7 Å². The number of rotatable bonds is 8. The summed E-state index contributed by atoms with van der Waals surface area (Å²) in [6.45, 7) is 8.36. The first-order chi connectivity index (χ1) is 9.54. The lowest BCUT2D eigenvalue weighted by Gasteiger charge is -2.26. The van der Waals surface area contributed by atoms with Gasteiger partial charge in [-0.3, -0.25) is 4.79 Å². The average Bonchev–Trinajstić information content (AvgIpc) is 2.46. The molecule has 0 aliphatic rings. The van der Waals surface area contributed by atoms with Crippen LogP contribution in [0.1, 0.15) is 32.8 Å². The molecule has 0 saturated heterocycles. The van der Waals surface area contributed by atoms with Gasteiger partial charge in [0.05, 0.1) is 12.5 Å². The maximum atomic E-state index is 12.4. The van der Waals surface area contributed by atoms with E-state index in [0.29, 0.717) is 6.54 Å². The number of amides is 1. The van der Waals surface area contributed by atoms with Crippen LogP contribution in [-0.2, 0) is 10.2 Å². The summed E-state index contributed by atoms with van der Waals surface area (Å²) in [7, 11) is 1.63. The van der Waals surface area contributed by atoms with E-state index in [1.165, 1.54) is 0 Å². The summed E-state index contributed by atoms with van der Waals surface area (Å²) in [4.78, 5) is 12.4. The Kier molecular flexibility index (Phi) is 9.06. The molecule has 21 heavy (non-hydrogen) atoms. The highest BCUT2D eigenvalue weighted by molar-refractivity contribution is 5.88. The Balaban J connectivity index is 0.00000400. The molecule has 1 aromatic carbocycles. The monoisotopic (exact) mass is 314 g/mol. The molecule has 0 heterocycles. The summed E-state index contributed by atoms with van der Waals surface area (Å²) < 4.78 is 5.35. The van der Waals surface area contributed by atoms with E-state index in [4.69, 9.17) is 4.74 Å². The largest absolute Gasteiger partial charge is 0.496 e. The van der Waals surface area contributed by atoms with Gasteiger partial charge in [0.1, 0.15) is 5.75 Å². The van der Waals surface area contributed by atoms with Crippen molar-refractivity contribution in [2.45, 2.75) is 32.6 Å². The molecule has 1 rings (SSSR count). The van der Waals surface area contributed by atoms with E-state index in [1.54, 1.807) is 7.11 Å². The van der Waals surface area contributed by atoms with Crippen molar-refractivity contribution in [2.24, 2.45) is 0 Å². The summed E-state index contributed by atoms with van der Waals surface area (Å²) in [5.41, 5.74) is 0.290. The summed E-state index contributed by atoms with van der Waals surface area (Å²) in [6, 6.07) is 7.65. The second-order valence-corrected chi connectivity index (χ2v) is 5.33. The van der Waals surface area contributed by atoms with Crippen LogP contribution in [0.4, 0.5) is 0 Å². The smallest absolute Gasteiger partial charge is 0.230 e. The van der Waals surface area contributed by atoms with E-state index in [9.17, 15) is 4.79 Å². The predicted molar refractivity (Wildman–Crippen MR) is 89.4 cm³/mol. The minimum absolute atomic E-state index is 0. The number of hydrogen-bond acceptors (Lipinski definition) is 3. The molecule has 5 heteroatoms. The van der Waals surface area contributed by atoms with Gasteiger partial charge in [-0.05, 0) is 32.9 Å². The fraction of sp³-hybridized carbons (Fsp3) is 0.562. The Bertz CT molecular complexity index is 436. The van der Waals surface area contributed by atoms with Gasteiger partial charge < -0.3 is 15.4 Å². The number of carbonyl (C=O) groups excluding carboxylic acids is 1. The third-order valence-electron chi connectivity index (χ3n) is 3.36. The van der Waals surface area contributed by atoms with Crippen LogP contribution in [0.25, 0.3) is 0 Å². The van der Waals surface area contributed by atoms with Gasteiger partial charge in [0.15, 0.2) is 0 Å². The summed E-state index contributed by atoms with van der Waals surface area (Å²) in [6.07, 6.45) is 1.10. The molecule has 0 spiro atoms. The van der Waals surface area contributed by atoms with Crippen LogP contribution in [0.3, 0.4) is 0 Å². The third kappa shape index (κ3) is 5.56. The molecular formula is C16H27ClN2O2. The van der Waals surface area contributed by atoms with E-state index in [0.717, 1.165) is 30.8 Å². The Hall–Kier alpha value is -1.26. The molecule has 0 bridgehead atoms. The molecule has 0 aromatic heterocycles. The quantitative estimate of drug-likeness (QED) is 0.725. The maximum absolute atomic E-state index is 12.4. The van der Waals surface area contributed by atoms with E-state index in [2.05, 4.69) is 17.6 Å². The molecular weight excluding hydrogens is 288 g/mol. The van der Waals surface area contributed by atoms with Crippen molar-refractivity contribution in [3.63, 3.8) is 0 Å². The number of benzene rings is 1. The molecule has 0 aliphatic carbocycles. The maximum Gasteiger partial charge on any atom is 0.230 e. The number of methoxy groups -OCH3 is 1. The van der Waals surface area contributed by atoms with E-state index >= 15 is 0 Å². The molecule has 4 nitrogen and oxygen atoms in total. The van der Waals surface area contributed by atoms with E-state index < -0.39 is 5.41 Å². The summed E-state index contributed by atoms with van der Waals surface area (Å²) in [5.74, 6) is 0.761. The third-order valence-corrected chi connectivity index (χ3v) is 3.36. The van der Waals surface area contributed by atoms with Crippen LogP contribution in [0.15, 0.2) is 24.3 Å². The summed E-state index contributed by atoms with van der Waals surface area (Å²) >= 11 is 0. The molecule has 0 aliphatic heterocycles. The van der Waals surface area contributed by atoms with Gasteiger partial charge in [-0.15, -0.1) is 12.4 Å². The molecule has 1 amide bonds. The molecule has 120 valence electrons. The molecule has 0 radical (unpaired) electrons. The zero-order valence-electron chi connectivity index (χ0n) is 13.4. The summed E-state index contributed by atoms with van der Waals surface area (Å²) in [5, 5.41) is 6.24. The van der Waals surface area contributed by atoms with Crippen LogP contribution in [0, 0.1) is 0 Å². The molecule has 0 unspecified atom stereocenters. The van der Waals surface area contributed by atoms with E-state index in [-0.39, 0.29) is 18.3 Å². The van der Waals surface area contributed by atoms with Crippen LogP contribution < -0.4 is 15.4 Å². The van der Waals surface area contributed by atoms with Gasteiger partial charge in [-0.2, -0.15) is 0 Å². The Morgan fingerprint density at radius 3 is 2.48 bits per heavy atom. The first-order valence-electron chi connectivity index (χ1n) is 7.16. The Labute approximate surface area is 134 Å². The van der Waals surface area contributed by atoms with Crippen molar-refractivity contribution >= 4 is 18.3 Å². The SMILES string of the molecule is CCCNCCNC(=O)C(C)(C)c1ccccc1OC.Cl. The minimum Gasteiger partial charge on any atom is -0.496 e. The fourth-order valence-corrected chi connectivity index (χ4v) is 2.07. The topological polar surface area (TPSA) is 50.4 Å². The molecule has 0 saturated carbocycles. The van der Waals surface area contributed by atoms with Gasteiger partial charge in [0.25, 0.3) is 0 Å². The lowest BCUT2D eigenvalue weighted by Crippen LogP contribution is -2.42. The van der Waals surface area contributed by atoms with Gasteiger partial charge in [0.2, 0.25) is 5.91 Å². The van der Waals surface area contributed by atoms with E-state index in [1.807, 2.05) is 38.1 Å². The highest BCUT2D eigenvalue weighted by Crippen LogP contribution is 2.31. The second-order valence-electron chi connectivity index (χ2n) is 5.33. The predicted octanol–water partition coefficient (Wildman–Crippen LogP) is 2.51. The van der Waals surface area contributed by atoms with Crippen molar-refractivity contribution in [2.75, 3.05) is 26.7 Å². The number of carbonyl (C=O) groups is 1. The lowest BCUT2D eigenvalue weighted by atomic mass is 9.83. The van der Waals surface area contributed by atoms with Crippen molar-refractivity contribution < 1.29 is 9.53 Å². The minimum atomic E-state index is -0.614. The van der Waals surface area contributed by atoms with Crippen molar-refractivity contribution in [1.29, 1.82) is 0 Å². The number of halogens is 1. The zero-order chi connectivity index (χ0) is 15.0. The van der Waals surface area contributed by atoms with Crippen molar-refractivity contribution in [3.05, 3.63) is 29.8 Å². The molecule has 2 N–H and O–H groups in total. The van der Waals surface area contributed by atoms with Crippen molar-refractivity contribution in [1.82, 2.24) is 10.6 Å². The van der Waals surface area contributed by atoms with Gasteiger partial charge in [0, 0.05) is 18.7 Å². The second kappa shape index (κ2) is 9.64. The number of ether oxygens (including phenoxy) is 1. The van der Waals surface area contributed by atoms with Crippen LogP contribution in [0.5, 0.6) is 5.75 Å². The van der Waals surface area contributed by atoms with Crippen molar-refractivity contribution in [3.8, 4) is 5.75 Å². The Morgan fingerprint density at radius 1 is 1.19 bits per heavy atom. The van der Waals surface area contributed by atoms with Gasteiger partial charge >= 0.3 is 0 Å². The first-order valence-corrected chi connectivity index (χ1v) is 7.16. The number of nitrogens with one attached hydrogen (secondary N) is 2. The highest BCUT2D eigenvalue weighted by Gasteiger charge is 2.32. The first kappa shape index (κ1) is 19.7. The lowest BCUT2D eigenvalue weighted by molar-refractivity contribution is -0.125. The van der Waals surface area contributed by atoms with Crippen LogP contribution >= 0.6 is 12.4 Å². The fourth-order valence-electron chi connectivity index (χ4n) is 2.07. The Morgan fingerprint density at radius 2 is 1.86 bits per heavy atom. The zero-order valence-corrected chi connectivity index (χ0v) is 14.2.